The van der Waals surface area contributed by atoms with Crippen LogP contribution in [0.5, 0.6) is 0 Å². The molecule has 106 valence electrons. The highest BCUT2D eigenvalue weighted by Crippen LogP contribution is 2.34. The fraction of sp³-hybridized carbons (Fsp3) is 0.867. The minimum atomic E-state index is -0.248. The molecule has 0 unspecified atom stereocenters. The van der Waals surface area contributed by atoms with E-state index in [-0.39, 0.29) is 4.75 Å². The maximum atomic E-state index is 12.3. The Morgan fingerprint density at radius 2 is 1.95 bits per heavy atom. The number of carbonyl (C=O) groups is 1. The van der Waals surface area contributed by atoms with Crippen LogP contribution in [-0.2, 0) is 4.79 Å². The maximum absolute atomic E-state index is 12.3. The van der Waals surface area contributed by atoms with Gasteiger partial charge in [-0.15, -0.1) is 11.8 Å². The lowest BCUT2D eigenvalue weighted by Crippen LogP contribution is -2.44. The van der Waals surface area contributed by atoms with Crippen molar-refractivity contribution in [2.45, 2.75) is 56.1 Å². The summed E-state index contributed by atoms with van der Waals surface area (Å²) in [5.74, 6) is 0.934. The third-order valence-electron chi connectivity index (χ3n) is 4.71. The number of rotatable bonds is 3. The molecular weight excluding hydrogens is 256 g/mol. The maximum Gasteiger partial charge on any atom is 0.222 e. The zero-order valence-corrected chi connectivity index (χ0v) is 12.7. The van der Waals surface area contributed by atoms with Crippen LogP contribution in [0.1, 0.15) is 51.4 Å². The molecule has 1 amide bonds. The fourth-order valence-corrected chi connectivity index (χ4v) is 3.93. The van der Waals surface area contributed by atoms with Gasteiger partial charge in [-0.1, -0.05) is 19.3 Å². The topological polar surface area (TPSA) is 44.1 Å². The molecule has 2 aliphatic rings. The van der Waals surface area contributed by atoms with Crippen LogP contribution in [0.3, 0.4) is 0 Å². The summed E-state index contributed by atoms with van der Waals surface area (Å²) in [6.45, 7) is 1.53. The van der Waals surface area contributed by atoms with Gasteiger partial charge in [0.2, 0.25) is 5.91 Å². The first-order valence-corrected chi connectivity index (χ1v) is 8.66. The SMILES string of the molecule is CSC1(C#N)CCN(C(=O)CC2CCCCC2)CC1. The van der Waals surface area contributed by atoms with Crippen molar-refractivity contribution in [3.05, 3.63) is 0 Å². The van der Waals surface area contributed by atoms with Crippen LogP contribution in [0.15, 0.2) is 0 Å². The highest BCUT2D eigenvalue weighted by Gasteiger charge is 2.35. The fourth-order valence-electron chi connectivity index (χ4n) is 3.25. The van der Waals surface area contributed by atoms with Crippen LogP contribution in [0.25, 0.3) is 0 Å². The van der Waals surface area contributed by atoms with Crippen molar-refractivity contribution < 1.29 is 4.79 Å². The highest BCUT2D eigenvalue weighted by atomic mass is 32.2. The number of nitriles is 1. The van der Waals surface area contributed by atoms with Gasteiger partial charge in [0.25, 0.3) is 0 Å². The summed E-state index contributed by atoms with van der Waals surface area (Å²) in [5, 5.41) is 9.25. The second kappa shape index (κ2) is 6.65. The Labute approximate surface area is 120 Å². The largest absolute Gasteiger partial charge is 0.343 e. The first-order chi connectivity index (χ1) is 9.19. The lowest BCUT2D eigenvalue weighted by atomic mass is 9.86. The summed E-state index contributed by atoms with van der Waals surface area (Å²) in [6, 6.07) is 2.43. The quantitative estimate of drug-likeness (QED) is 0.797. The molecule has 2 rings (SSSR count). The van der Waals surface area contributed by atoms with Gasteiger partial charge < -0.3 is 4.90 Å². The highest BCUT2D eigenvalue weighted by molar-refractivity contribution is 8.00. The van der Waals surface area contributed by atoms with Gasteiger partial charge in [-0.25, -0.2) is 0 Å². The molecule has 1 aliphatic carbocycles. The molecule has 19 heavy (non-hydrogen) atoms. The van der Waals surface area contributed by atoms with Crippen LogP contribution >= 0.6 is 11.8 Å². The van der Waals surface area contributed by atoms with E-state index in [0.717, 1.165) is 32.4 Å². The number of piperidine rings is 1. The number of likely N-dealkylation sites (tertiary alicyclic amines) is 1. The summed E-state index contributed by atoms with van der Waals surface area (Å²) >= 11 is 1.64. The van der Waals surface area contributed by atoms with E-state index in [1.807, 2.05) is 11.2 Å². The molecule has 0 aromatic carbocycles. The Morgan fingerprint density at radius 3 is 2.47 bits per heavy atom. The molecule has 1 heterocycles. The summed E-state index contributed by atoms with van der Waals surface area (Å²) in [7, 11) is 0. The molecule has 0 radical (unpaired) electrons. The summed E-state index contributed by atoms with van der Waals surface area (Å²) in [5.41, 5.74) is 0. The number of thioether (sulfide) groups is 1. The number of hydrogen-bond acceptors (Lipinski definition) is 3. The van der Waals surface area contributed by atoms with Crippen LogP contribution in [0, 0.1) is 17.2 Å². The molecule has 0 atom stereocenters. The zero-order chi connectivity index (χ0) is 13.7. The van der Waals surface area contributed by atoms with Crippen molar-refractivity contribution in [3.63, 3.8) is 0 Å². The van der Waals surface area contributed by atoms with E-state index < -0.39 is 0 Å². The normalized spacial score (nSPS) is 23.9. The Balaban J connectivity index is 1.80. The van der Waals surface area contributed by atoms with Gasteiger partial charge in [0.05, 0.1) is 6.07 Å². The predicted octanol–water partition coefficient (Wildman–Crippen LogP) is 3.20. The van der Waals surface area contributed by atoms with Crippen LogP contribution in [0.4, 0.5) is 0 Å². The number of amides is 1. The molecule has 3 nitrogen and oxygen atoms in total. The van der Waals surface area contributed by atoms with Gasteiger partial charge >= 0.3 is 0 Å². The summed E-state index contributed by atoms with van der Waals surface area (Å²) < 4.78 is -0.248. The molecule has 0 spiro atoms. The standard InChI is InChI=1S/C15H24N2OS/c1-19-15(12-16)7-9-17(10-8-15)14(18)11-13-5-3-2-4-6-13/h13H,2-11H2,1H3. The molecule has 0 aromatic heterocycles. The zero-order valence-electron chi connectivity index (χ0n) is 11.9. The van der Waals surface area contributed by atoms with E-state index in [0.29, 0.717) is 11.8 Å². The van der Waals surface area contributed by atoms with E-state index in [2.05, 4.69) is 6.07 Å². The van der Waals surface area contributed by atoms with Crippen LogP contribution in [-0.4, -0.2) is 34.9 Å². The molecular formula is C15H24N2OS. The van der Waals surface area contributed by atoms with Crippen molar-refractivity contribution in [2.75, 3.05) is 19.3 Å². The first-order valence-electron chi connectivity index (χ1n) is 7.43. The summed E-state index contributed by atoms with van der Waals surface area (Å²) in [4.78, 5) is 14.3. The number of nitrogens with zero attached hydrogens (tertiary/aromatic N) is 2. The third kappa shape index (κ3) is 3.66. The Kier molecular flexibility index (Phi) is 5.15. The van der Waals surface area contributed by atoms with E-state index in [4.69, 9.17) is 0 Å². The monoisotopic (exact) mass is 280 g/mol. The lowest BCUT2D eigenvalue weighted by Gasteiger charge is -2.37. The Hall–Kier alpha value is -0.690. The van der Waals surface area contributed by atoms with Crippen molar-refractivity contribution in [2.24, 2.45) is 5.92 Å². The average molecular weight is 280 g/mol. The van der Waals surface area contributed by atoms with Gasteiger partial charge in [-0.2, -0.15) is 5.26 Å². The van der Waals surface area contributed by atoms with Crippen molar-refractivity contribution in [1.29, 1.82) is 5.26 Å². The van der Waals surface area contributed by atoms with Gasteiger partial charge in [-0.05, 0) is 37.9 Å². The van der Waals surface area contributed by atoms with Gasteiger partial charge in [0.1, 0.15) is 4.75 Å². The van der Waals surface area contributed by atoms with Crippen molar-refractivity contribution in [3.8, 4) is 6.07 Å². The molecule has 1 aliphatic heterocycles. The smallest absolute Gasteiger partial charge is 0.222 e. The van der Waals surface area contributed by atoms with E-state index in [1.165, 1.54) is 32.1 Å². The first kappa shape index (κ1) is 14.7. The minimum absolute atomic E-state index is 0.248. The molecule has 1 saturated carbocycles. The van der Waals surface area contributed by atoms with Crippen molar-refractivity contribution >= 4 is 17.7 Å². The molecule has 0 bridgehead atoms. The van der Waals surface area contributed by atoms with Crippen LogP contribution < -0.4 is 0 Å². The molecule has 2 fully saturated rings. The Bertz CT molecular complexity index is 350. The van der Waals surface area contributed by atoms with Gasteiger partial charge in [-0.3, -0.25) is 4.79 Å². The Morgan fingerprint density at radius 1 is 1.32 bits per heavy atom. The van der Waals surface area contributed by atoms with E-state index in [1.54, 1.807) is 11.8 Å². The van der Waals surface area contributed by atoms with Crippen molar-refractivity contribution in [1.82, 2.24) is 4.90 Å². The van der Waals surface area contributed by atoms with E-state index in [9.17, 15) is 10.1 Å². The average Bonchev–Trinajstić information content (AvgIpc) is 2.48. The molecule has 4 heteroatoms. The second-order valence-electron chi connectivity index (χ2n) is 5.90. The molecule has 1 saturated heterocycles. The van der Waals surface area contributed by atoms with Crippen LogP contribution in [0.2, 0.25) is 0 Å². The minimum Gasteiger partial charge on any atom is -0.343 e. The van der Waals surface area contributed by atoms with Gasteiger partial charge in [0.15, 0.2) is 0 Å². The molecule has 0 aromatic rings. The molecule has 0 N–H and O–H groups in total. The predicted molar refractivity (Wildman–Crippen MR) is 78.9 cm³/mol. The van der Waals surface area contributed by atoms with E-state index >= 15 is 0 Å². The second-order valence-corrected chi connectivity index (χ2v) is 7.09. The summed E-state index contributed by atoms with van der Waals surface area (Å²) in [6.07, 6.45) is 10.8. The third-order valence-corrected chi connectivity index (χ3v) is 5.99. The number of carbonyl (C=O) groups excluding carboxylic acids is 1. The number of hydrogen-bond donors (Lipinski definition) is 0. The van der Waals surface area contributed by atoms with Gasteiger partial charge in [0, 0.05) is 19.5 Å². The lowest BCUT2D eigenvalue weighted by molar-refractivity contribution is -0.133.